The third kappa shape index (κ3) is 8.66. The van der Waals surface area contributed by atoms with Crippen LogP contribution < -0.4 is 10.6 Å². The van der Waals surface area contributed by atoms with Crippen molar-refractivity contribution in [2.24, 2.45) is 5.84 Å². The Bertz CT molecular complexity index is 1590. The summed E-state index contributed by atoms with van der Waals surface area (Å²) in [5, 5.41) is 1.60. The highest BCUT2D eigenvalue weighted by molar-refractivity contribution is 9.10. The lowest BCUT2D eigenvalue weighted by atomic mass is 10.1. The number of allylic oxidation sites excluding steroid dienone is 5. The minimum Gasteiger partial charge on any atom is -0.488 e. The van der Waals surface area contributed by atoms with Crippen LogP contribution in [0, 0.1) is 6.92 Å². The molecule has 9 heteroatoms. The van der Waals surface area contributed by atoms with Crippen LogP contribution in [0.15, 0.2) is 114 Å². The standard InChI is InChI=1S/C34H35BrClF2N3O2/c1-6-8-26(7-2)24(5)41(39)34(42)18-27-17-29(13-14-31(27)36)40-23(4)10-15-32(40)30-19-28(35)12-16-33(30)43-21-25(20-37)11-9-22(3)38/h6-17,19,24H,1-2,18,20-21,39H2,3-5H3/b22-9+,25-11+,26-8+. The molecule has 1 aromatic heterocycles. The van der Waals surface area contributed by atoms with Crippen molar-refractivity contribution in [3.8, 4) is 22.7 Å². The van der Waals surface area contributed by atoms with Gasteiger partial charge in [0, 0.05) is 26.4 Å². The molecule has 0 spiro atoms. The van der Waals surface area contributed by atoms with E-state index in [9.17, 15) is 13.6 Å². The van der Waals surface area contributed by atoms with Gasteiger partial charge in [-0.25, -0.2) is 14.6 Å². The van der Waals surface area contributed by atoms with Gasteiger partial charge in [-0.2, -0.15) is 0 Å². The molecule has 226 valence electrons. The lowest BCUT2D eigenvalue weighted by molar-refractivity contribution is -0.132. The Morgan fingerprint density at radius 1 is 1.16 bits per heavy atom. The van der Waals surface area contributed by atoms with E-state index in [4.69, 9.17) is 22.2 Å². The van der Waals surface area contributed by atoms with Crippen molar-refractivity contribution in [2.45, 2.75) is 33.2 Å². The van der Waals surface area contributed by atoms with Crippen LogP contribution in [-0.4, -0.2) is 34.8 Å². The van der Waals surface area contributed by atoms with Gasteiger partial charge in [0.05, 0.1) is 24.0 Å². The summed E-state index contributed by atoms with van der Waals surface area (Å²) >= 11 is 10.1. The zero-order chi connectivity index (χ0) is 31.7. The molecule has 0 aliphatic heterocycles. The average molecular weight is 671 g/mol. The van der Waals surface area contributed by atoms with E-state index in [2.05, 4.69) is 29.1 Å². The summed E-state index contributed by atoms with van der Waals surface area (Å²) in [5.74, 6) is 5.97. The van der Waals surface area contributed by atoms with Gasteiger partial charge >= 0.3 is 0 Å². The van der Waals surface area contributed by atoms with Gasteiger partial charge in [-0.15, -0.1) is 0 Å². The summed E-state index contributed by atoms with van der Waals surface area (Å²) in [4.78, 5) is 13.2. The summed E-state index contributed by atoms with van der Waals surface area (Å²) in [5.41, 5.74) is 4.92. The van der Waals surface area contributed by atoms with Gasteiger partial charge < -0.3 is 9.30 Å². The first-order valence-electron chi connectivity index (χ1n) is 13.5. The molecule has 0 saturated heterocycles. The van der Waals surface area contributed by atoms with Crippen LogP contribution >= 0.6 is 27.5 Å². The van der Waals surface area contributed by atoms with Gasteiger partial charge in [-0.1, -0.05) is 65.0 Å². The van der Waals surface area contributed by atoms with E-state index in [-0.39, 0.29) is 18.9 Å². The molecule has 3 rings (SSSR count). The van der Waals surface area contributed by atoms with Crippen molar-refractivity contribution in [2.75, 3.05) is 13.3 Å². The Kier molecular flexibility index (Phi) is 12.3. The number of amides is 1. The molecule has 0 aliphatic carbocycles. The number of aryl methyl sites for hydroxylation is 1. The lowest BCUT2D eigenvalue weighted by Crippen LogP contribution is -2.45. The molecule has 1 unspecified atom stereocenters. The highest BCUT2D eigenvalue weighted by Crippen LogP contribution is 2.36. The molecule has 0 aliphatic rings. The Hall–Kier alpha value is -3.72. The van der Waals surface area contributed by atoms with E-state index in [1.165, 1.54) is 24.1 Å². The molecular formula is C34H35BrClF2N3O2. The molecule has 1 heterocycles. The van der Waals surface area contributed by atoms with Crippen LogP contribution in [0.2, 0.25) is 5.02 Å². The summed E-state index contributed by atoms with van der Waals surface area (Å²) in [6, 6.07) is 14.5. The number of hydrazine groups is 1. The molecule has 2 aromatic carbocycles. The van der Waals surface area contributed by atoms with Crippen molar-refractivity contribution < 1.29 is 18.3 Å². The van der Waals surface area contributed by atoms with E-state index in [0.29, 0.717) is 21.9 Å². The smallest absolute Gasteiger partial charge is 0.241 e. The van der Waals surface area contributed by atoms with E-state index in [0.717, 1.165) is 32.7 Å². The minimum atomic E-state index is -0.768. The van der Waals surface area contributed by atoms with Crippen LogP contribution in [0.5, 0.6) is 5.75 Å². The Balaban J connectivity index is 1.98. The molecule has 0 fully saturated rings. The van der Waals surface area contributed by atoms with Crippen molar-refractivity contribution in [3.05, 3.63) is 130 Å². The van der Waals surface area contributed by atoms with Gasteiger partial charge in [-0.05, 0) is 92.1 Å². The molecule has 5 nitrogen and oxygen atoms in total. The van der Waals surface area contributed by atoms with Crippen molar-refractivity contribution >= 4 is 33.4 Å². The lowest BCUT2D eigenvalue weighted by Gasteiger charge is -2.25. The van der Waals surface area contributed by atoms with Crippen LogP contribution in [-0.2, 0) is 11.2 Å². The van der Waals surface area contributed by atoms with Gasteiger partial charge in [0.1, 0.15) is 19.0 Å². The summed E-state index contributed by atoms with van der Waals surface area (Å²) in [7, 11) is 0. The number of carbonyl (C=O) groups excluding carboxylic acids is 1. The Morgan fingerprint density at radius 3 is 2.56 bits per heavy atom. The molecule has 2 N–H and O–H groups in total. The van der Waals surface area contributed by atoms with Gasteiger partial charge in [0.25, 0.3) is 0 Å². The first-order valence-corrected chi connectivity index (χ1v) is 14.7. The molecule has 43 heavy (non-hydrogen) atoms. The van der Waals surface area contributed by atoms with E-state index in [1.54, 1.807) is 30.4 Å². The van der Waals surface area contributed by atoms with Gasteiger partial charge in [-0.3, -0.25) is 9.80 Å². The predicted octanol–water partition coefficient (Wildman–Crippen LogP) is 8.95. The highest BCUT2D eigenvalue weighted by atomic mass is 79.9. The summed E-state index contributed by atoms with van der Waals surface area (Å²) in [6.07, 6.45) is 7.59. The van der Waals surface area contributed by atoms with Crippen LogP contribution in [0.25, 0.3) is 16.9 Å². The Labute approximate surface area is 265 Å². The zero-order valence-electron chi connectivity index (χ0n) is 24.4. The molecule has 3 aromatic rings. The maximum absolute atomic E-state index is 13.6. The number of hydrogen-bond acceptors (Lipinski definition) is 3. The second-order valence-electron chi connectivity index (χ2n) is 9.87. The quantitative estimate of drug-likeness (QED) is 0.0855. The third-order valence-corrected chi connectivity index (χ3v) is 7.65. The van der Waals surface area contributed by atoms with Gasteiger partial charge in [0.2, 0.25) is 5.91 Å². The van der Waals surface area contributed by atoms with Crippen molar-refractivity contribution in [3.63, 3.8) is 0 Å². The zero-order valence-corrected chi connectivity index (χ0v) is 26.8. The van der Waals surface area contributed by atoms with Crippen LogP contribution in [0.4, 0.5) is 8.78 Å². The second kappa shape index (κ2) is 15.7. The van der Waals surface area contributed by atoms with Crippen LogP contribution in [0.1, 0.15) is 25.1 Å². The van der Waals surface area contributed by atoms with Crippen molar-refractivity contribution in [1.29, 1.82) is 0 Å². The van der Waals surface area contributed by atoms with E-state index in [1.807, 2.05) is 54.8 Å². The summed E-state index contributed by atoms with van der Waals surface area (Å²) in [6.45, 7) is 11.7. The molecule has 1 atom stereocenters. The normalized spacial score (nSPS) is 13.1. The molecule has 1 amide bonds. The number of rotatable bonds is 13. The maximum Gasteiger partial charge on any atom is 0.241 e. The third-order valence-electron chi connectivity index (χ3n) is 6.79. The number of alkyl halides is 1. The first kappa shape index (κ1) is 33.8. The number of ether oxygens (including phenoxy) is 1. The van der Waals surface area contributed by atoms with Crippen LogP contribution in [0.3, 0.4) is 0 Å². The van der Waals surface area contributed by atoms with Gasteiger partial charge in [0.15, 0.2) is 0 Å². The fourth-order valence-corrected chi connectivity index (χ4v) is 4.98. The molecule has 0 bridgehead atoms. The fraction of sp³-hybridized carbons (Fsp3) is 0.206. The average Bonchev–Trinajstić information content (AvgIpc) is 3.37. The predicted molar refractivity (Wildman–Crippen MR) is 176 cm³/mol. The number of hydrogen-bond donors (Lipinski definition) is 1. The van der Waals surface area contributed by atoms with Crippen molar-refractivity contribution in [1.82, 2.24) is 9.58 Å². The first-order chi connectivity index (χ1) is 20.5. The van der Waals surface area contributed by atoms with E-state index >= 15 is 0 Å². The maximum atomic E-state index is 13.6. The molecular weight excluding hydrogens is 636 g/mol. The number of nitrogens with two attached hydrogens (primary N) is 1. The number of benzene rings is 2. The number of halogens is 4. The number of nitrogens with zero attached hydrogens (tertiary/aromatic N) is 2. The van der Waals surface area contributed by atoms with E-state index < -0.39 is 18.5 Å². The molecule has 0 radical (unpaired) electrons. The molecule has 0 saturated carbocycles. The monoisotopic (exact) mass is 669 g/mol. The second-order valence-corrected chi connectivity index (χ2v) is 11.2. The fourth-order valence-electron chi connectivity index (χ4n) is 4.43. The topological polar surface area (TPSA) is 60.5 Å². The SMILES string of the molecule is C=C/C=C(\C=C)C(C)N(N)C(=O)Cc1cc(-n2c(C)ccc2-c2cc(Br)ccc2OC/C(=C/C=C(\C)F)CF)ccc1Cl. The Morgan fingerprint density at radius 2 is 1.91 bits per heavy atom. The number of carbonyl (C=O) groups is 1. The summed E-state index contributed by atoms with van der Waals surface area (Å²) < 4.78 is 35.6. The number of aromatic nitrogens is 1. The minimum absolute atomic E-state index is 0.0158. The largest absolute Gasteiger partial charge is 0.488 e. The highest BCUT2D eigenvalue weighted by Gasteiger charge is 2.21.